The van der Waals surface area contributed by atoms with Crippen LogP contribution in [0, 0.1) is 0 Å². The molecule has 29 heavy (non-hydrogen) atoms. The number of ether oxygens (including phenoxy) is 1. The molecule has 1 aliphatic rings. The molecule has 0 unspecified atom stereocenters. The van der Waals surface area contributed by atoms with Gasteiger partial charge in [-0.25, -0.2) is 4.98 Å². The van der Waals surface area contributed by atoms with E-state index in [1.807, 2.05) is 24.3 Å². The van der Waals surface area contributed by atoms with Crippen molar-refractivity contribution in [2.45, 2.75) is 32.4 Å². The highest BCUT2D eigenvalue weighted by molar-refractivity contribution is 5.95. The molecule has 0 saturated carbocycles. The Morgan fingerprint density at radius 2 is 2.00 bits per heavy atom. The van der Waals surface area contributed by atoms with Crippen molar-refractivity contribution in [2.75, 3.05) is 26.2 Å². The first-order chi connectivity index (χ1) is 14.3. The lowest BCUT2D eigenvalue weighted by Crippen LogP contribution is -2.29. The third kappa shape index (κ3) is 6.69. The molecule has 2 heterocycles. The average molecular weight is 396 g/mol. The van der Waals surface area contributed by atoms with Crippen LogP contribution in [0.2, 0.25) is 0 Å². The van der Waals surface area contributed by atoms with Crippen LogP contribution in [0.25, 0.3) is 0 Å². The van der Waals surface area contributed by atoms with Crippen LogP contribution in [0.4, 0.5) is 0 Å². The second-order valence-corrected chi connectivity index (χ2v) is 7.15. The minimum atomic E-state index is -0.202. The molecule has 6 heteroatoms. The number of aliphatic hydroxyl groups excluding tert-OH is 1. The van der Waals surface area contributed by atoms with E-state index in [4.69, 9.17) is 4.74 Å². The molecule has 6 nitrogen and oxygen atoms in total. The lowest BCUT2D eigenvalue weighted by Gasteiger charge is -2.26. The van der Waals surface area contributed by atoms with Crippen molar-refractivity contribution < 1.29 is 14.6 Å². The molecular weight excluding hydrogens is 366 g/mol. The summed E-state index contributed by atoms with van der Waals surface area (Å²) in [7, 11) is 0. The van der Waals surface area contributed by atoms with Crippen molar-refractivity contribution in [3.05, 3.63) is 71.4 Å². The summed E-state index contributed by atoms with van der Waals surface area (Å²) in [5.41, 5.74) is 2.33. The molecule has 2 aromatic rings. The molecule has 0 radical (unpaired) electrons. The molecule has 0 spiro atoms. The molecule has 3 rings (SSSR count). The minimum absolute atomic E-state index is 0.156. The van der Waals surface area contributed by atoms with Gasteiger partial charge in [0.1, 0.15) is 6.61 Å². The van der Waals surface area contributed by atoms with E-state index >= 15 is 0 Å². The van der Waals surface area contributed by atoms with E-state index in [0.29, 0.717) is 30.2 Å². The zero-order valence-corrected chi connectivity index (χ0v) is 16.7. The Kier molecular flexibility index (Phi) is 8.22. The molecule has 1 saturated heterocycles. The molecule has 2 N–H and O–H groups in total. The fourth-order valence-electron chi connectivity index (χ4n) is 3.41. The van der Waals surface area contributed by atoms with Gasteiger partial charge in [0.2, 0.25) is 5.88 Å². The van der Waals surface area contributed by atoms with E-state index in [9.17, 15) is 9.90 Å². The molecule has 0 aliphatic carbocycles. The molecule has 1 aliphatic heterocycles. The summed E-state index contributed by atoms with van der Waals surface area (Å²) in [6, 6.07) is 11.1. The summed E-state index contributed by atoms with van der Waals surface area (Å²) in [5, 5.41) is 12.1. The van der Waals surface area contributed by atoms with Gasteiger partial charge in [0.25, 0.3) is 5.91 Å². The first kappa shape index (κ1) is 21.0. The van der Waals surface area contributed by atoms with Crippen LogP contribution in [0.5, 0.6) is 5.88 Å². The van der Waals surface area contributed by atoms with Crippen LogP contribution in [-0.2, 0) is 13.2 Å². The first-order valence-corrected chi connectivity index (χ1v) is 10.2. The van der Waals surface area contributed by atoms with E-state index in [2.05, 4.69) is 15.2 Å². The topological polar surface area (TPSA) is 74.7 Å². The van der Waals surface area contributed by atoms with Crippen LogP contribution >= 0.6 is 0 Å². The van der Waals surface area contributed by atoms with E-state index in [-0.39, 0.29) is 12.5 Å². The number of rotatable bonds is 9. The maximum atomic E-state index is 12.2. The summed E-state index contributed by atoms with van der Waals surface area (Å²) in [4.78, 5) is 18.9. The lowest BCUT2D eigenvalue weighted by atomic mass is 10.1. The van der Waals surface area contributed by atoms with Crippen molar-refractivity contribution in [2.24, 2.45) is 0 Å². The Morgan fingerprint density at radius 1 is 1.17 bits per heavy atom. The standard InChI is InChI=1S/C23H29N3O3/c27-18-20-8-2-3-9-21(20)23(28)25-11-4-7-15-29-22-16-19(10-12-24-22)17-26-13-5-1-6-14-26/h2-4,7-10,12,16,27H,1,5-6,11,13-15,17-18H2,(H,25,28)/b7-4-. The number of carbonyl (C=O) groups excluding carboxylic acids is 1. The summed E-state index contributed by atoms with van der Waals surface area (Å²) in [6.45, 7) is 3.90. The number of nitrogens with zero attached hydrogens (tertiary/aromatic N) is 2. The minimum Gasteiger partial charge on any atom is -0.473 e. The van der Waals surface area contributed by atoms with E-state index < -0.39 is 0 Å². The van der Waals surface area contributed by atoms with Crippen molar-refractivity contribution in [3.8, 4) is 5.88 Å². The molecular formula is C23H29N3O3. The second-order valence-electron chi connectivity index (χ2n) is 7.15. The predicted octanol–water partition coefficient (Wildman–Crippen LogP) is 2.92. The number of nitrogens with one attached hydrogen (secondary N) is 1. The quantitative estimate of drug-likeness (QED) is 0.639. The fraction of sp³-hybridized carbons (Fsp3) is 0.391. The van der Waals surface area contributed by atoms with Crippen molar-refractivity contribution >= 4 is 5.91 Å². The van der Waals surface area contributed by atoms with Gasteiger partial charge >= 0.3 is 0 Å². The number of carbonyl (C=O) groups is 1. The molecule has 1 aromatic heterocycles. The number of amides is 1. The van der Waals surface area contributed by atoms with Crippen LogP contribution in [-0.4, -0.2) is 47.1 Å². The van der Waals surface area contributed by atoms with Gasteiger partial charge in [0.05, 0.1) is 6.61 Å². The third-order valence-electron chi connectivity index (χ3n) is 4.96. The van der Waals surface area contributed by atoms with Gasteiger partial charge in [0, 0.05) is 30.9 Å². The SMILES string of the molecule is O=C(NC/C=C\COc1cc(CN2CCCCC2)ccn1)c1ccccc1CO. The van der Waals surface area contributed by atoms with Gasteiger partial charge in [-0.3, -0.25) is 9.69 Å². The molecule has 0 bridgehead atoms. The second kappa shape index (κ2) is 11.3. The normalized spacial score (nSPS) is 14.8. The van der Waals surface area contributed by atoms with E-state index in [1.54, 1.807) is 30.5 Å². The van der Waals surface area contributed by atoms with Crippen LogP contribution in [0.3, 0.4) is 0 Å². The summed E-state index contributed by atoms with van der Waals surface area (Å²) >= 11 is 0. The Labute approximate surface area is 172 Å². The molecule has 154 valence electrons. The average Bonchev–Trinajstić information content (AvgIpc) is 2.77. The number of hydrogen-bond acceptors (Lipinski definition) is 5. The molecule has 1 amide bonds. The van der Waals surface area contributed by atoms with Gasteiger partial charge in [-0.05, 0) is 55.3 Å². The summed E-state index contributed by atoms with van der Waals surface area (Å²) < 4.78 is 5.70. The van der Waals surface area contributed by atoms with Crippen LogP contribution in [0.1, 0.15) is 40.7 Å². The van der Waals surface area contributed by atoms with E-state index in [0.717, 1.165) is 19.6 Å². The number of likely N-dealkylation sites (tertiary alicyclic amines) is 1. The highest BCUT2D eigenvalue weighted by atomic mass is 16.5. The predicted molar refractivity (Wildman–Crippen MR) is 113 cm³/mol. The highest BCUT2D eigenvalue weighted by Gasteiger charge is 2.11. The van der Waals surface area contributed by atoms with Crippen molar-refractivity contribution in [3.63, 3.8) is 0 Å². The Hall–Kier alpha value is -2.70. The zero-order chi connectivity index (χ0) is 20.3. The van der Waals surface area contributed by atoms with Gasteiger partial charge < -0.3 is 15.2 Å². The number of piperidine rings is 1. The smallest absolute Gasteiger partial charge is 0.251 e. The van der Waals surface area contributed by atoms with E-state index in [1.165, 1.54) is 24.8 Å². The number of benzene rings is 1. The maximum Gasteiger partial charge on any atom is 0.251 e. The van der Waals surface area contributed by atoms with Crippen molar-refractivity contribution in [1.29, 1.82) is 0 Å². The van der Waals surface area contributed by atoms with Gasteiger partial charge in [0.15, 0.2) is 0 Å². The summed E-state index contributed by atoms with van der Waals surface area (Å²) in [5.74, 6) is 0.414. The monoisotopic (exact) mass is 395 g/mol. The van der Waals surface area contributed by atoms with Crippen molar-refractivity contribution in [1.82, 2.24) is 15.2 Å². The number of pyridine rings is 1. The molecule has 1 fully saturated rings. The molecule has 1 aromatic carbocycles. The lowest BCUT2D eigenvalue weighted by molar-refractivity contribution is 0.0955. The van der Waals surface area contributed by atoms with Crippen LogP contribution in [0.15, 0.2) is 54.7 Å². The van der Waals surface area contributed by atoms with Gasteiger partial charge in [-0.1, -0.05) is 30.7 Å². The van der Waals surface area contributed by atoms with Gasteiger partial charge in [-0.2, -0.15) is 0 Å². The fourth-order valence-corrected chi connectivity index (χ4v) is 3.41. The number of aliphatic hydroxyl groups is 1. The Morgan fingerprint density at radius 3 is 2.83 bits per heavy atom. The molecule has 0 atom stereocenters. The largest absolute Gasteiger partial charge is 0.473 e. The zero-order valence-electron chi connectivity index (χ0n) is 16.7. The Bertz CT molecular complexity index is 817. The summed E-state index contributed by atoms with van der Waals surface area (Å²) in [6.07, 6.45) is 9.38. The maximum absolute atomic E-state index is 12.2. The number of aromatic nitrogens is 1. The first-order valence-electron chi connectivity index (χ1n) is 10.2. The van der Waals surface area contributed by atoms with Crippen LogP contribution < -0.4 is 10.1 Å². The number of hydrogen-bond donors (Lipinski definition) is 2. The Balaban J connectivity index is 1.40. The van der Waals surface area contributed by atoms with Gasteiger partial charge in [-0.15, -0.1) is 0 Å². The third-order valence-corrected chi connectivity index (χ3v) is 4.96. The highest BCUT2D eigenvalue weighted by Crippen LogP contribution is 2.15.